The Bertz CT molecular complexity index is 663. The number of ether oxygens (including phenoxy) is 1. The fraction of sp³-hybridized carbons (Fsp3) is 0.267. The molecule has 0 aliphatic carbocycles. The number of oxazole rings is 1. The molecule has 0 bridgehead atoms. The summed E-state index contributed by atoms with van der Waals surface area (Å²) in [5.74, 6) is -0.434. The summed E-state index contributed by atoms with van der Waals surface area (Å²) in [6.45, 7) is 3.11. The monoisotopic (exact) mass is 304 g/mol. The Balaban J connectivity index is 1.98. The van der Waals surface area contributed by atoms with Gasteiger partial charge in [0.2, 0.25) is 0 Å². The van der Waals surface area contributed by atoms with Crippen LogP contribution in [0.3, 0.4) is 0 Å². The third kappa shape index (κ3) is 3.85. The summed E-state index contributed by atoms with van der Waals surface area (Å²) < 4.78 is 10.0. The number of carboxylic acid groups (broad SMARTS) is 1. The summed E-state index contributed by atoms with van der Waals surface area (Å²) >= 11 is 0. The highest BCUT2D eigenvalue weighted by Gasteiger charge is 2.16. The van der Waals surface area contributed by atoms with Gasteiger partial charge in [0, 0.05) is 0 Å². The smallest absolute Gasteiger partial charge is 0.341 e. The molecule has 1 aromatic carbocycles. The molecule has 7 nitrogen and oxygen atoms in total. The van der Waals surface area contributed by atoms with Crippen LogP contribution in [0.1, 0.15) is 34.8 Å². The van der Waals surface area contributed by atoms with Gasteiger partial charge in [0.1, 0.15) is 11.5 Å². The molecule has 0 aliphatic heterocycles. The van der Waals surface area contributed by atoms with Gasteiger partial charge in [-0.05, 0) is 31.5 Å². The van der Waals surface area contributed by atoms with Gasteiger partial charge in [-0.25, -0.2) is 9.78 Å². The van der Waals surface area contributed by atoms with Crippen LogP contribution >= 0.6 is 0 Å². The van der Waals surface area contributed by atoms with Gasteiger partial charge in [-0.15, -0.1) is 0 Å². The second kappa shape index (κ2) is 6.75. The predicted octanol–water partition coefficient (Wildman–Crippen LogP) is 1.94. The number of amides is 1. The minimum Gasteiger partial charge on any atom is -0.482 e. The molecule has 0 fully saturated rings. The van der Waals surface area contributed by atoms with Gasteiger partial charge >= 0.3 is 5.97 Å². The van der Waals surface area contributed by atoms with Crippen molar-refractivity contribution in [2.75, 3.05) is 6.61 Å². The van der Waals surface area contributed by atoms with Gasteiger partial charge in [0.05, 0.1) is 6.04 Å². The van der Waals surface area contributed by atoms with E-state index < -0.39 is 12.6 Å². The largest absolute Gasteiger partial charge is 0.482 e. The van der Waals surface area contributed by atoms with Crippen molar-refractivity contribution < 1.29 is 23.8 Å². The van der Waals surface area contributed by atoms with Crippen molar-refractivity contribution in [2.45, 2.75) is 19.9 Å². The van der Waals surface area contributed by atoms with Crippen molar-refractivity contribution in [1.82, 2.24) is 10.3 Å². The third-order valence-electron chi connectivity index (χ3n) is 3.05. The molecule has 7 heteroatoms. The van der Waals surface area contributed by atoms with E-state index in [2.05, 4.69) is 10.3 Å². The zero-order chi connectivity index (χ0) is 16.1. The second-order valence-corrected chi connectivity index (χ2v) is 4.70. The fourth-order valence-electron chi connectivity index (χ4n) is 1.87. The van der Waals surface area contributed by atoms with Gasteiger partial charge < -0.3 is 19.6 Å². The van der Waals surface area contributed by atoms with E-state index in [-0.39, 0.29) is 17.6 Å². The first-order valence-electron chi connectivity index (χ1n) is 6.63. The topological polar surface area (TPSA) is 102 Å². The van der Waals surface area contributed by atoms with Crippen LogP contribution in [0.4, 0.5) is 0 Å². The first kappa shape index (κ1) is 15.6. The first-order valence-corrected chi connectivity index (χ1v) is 6.63. The van der Waals surface area contributed by atoms with Crippen LogP contribution in [-0.4, -0.2) is 28.6 Å². The molecule has 22 heavy (non-hydrogen) atoms. The number of carboxylic acids is 1. The van der Waals surface area contributed by atoms with Crippen LogP contribution in [0.25, 0.3) is 0 Å². The van der Waals surface area contributed by atoms with Gasteiger partial charge in [-0.3, -0.25) is 4.79 Å². The molecule has 1 atom stereocenters. The van der Waals surface area contributed by atoms with E-state index in [9.17, 15) is 9.59 Å². The molecule has 0 aliphatic rings. The highest BCUT2D eigenvalue weighted by atomic mass is 16.5. The molecule has 116 valence electrons. The SMILES string of the molecule is Cc1ocnc1C(=O)NC(C)c1ccc(OCC(=O)O)cc1. The van der Waals surface area contributed by atoms with Crippen LogP contribution in [-0.2, 0) is 4.79 Å². The molecule has 2 aromatic rings. The fourth-order valence-corrected chi connectivity index (χ4v) is 1.87. The summed E-state index contributed by atoms with van der Waals surface area (Å²) in [6.07, 6.45) is 1.23. The average molecular weight is 304 g/mol. The van der Waals surface area contributed by atoms with Crippen LogP contribution in [0.5, 0.6) is 5.75 Å². The number of nitrogens with one attached hydrogen (secondary N) is 1. The highest BCUT2D eigenvalue weighted by Crippen LogP contribution is 2.18. The van der Waals surface area contributed by atoms with Gasteiger partial charge in [-0.1, -0.05) is 12.1 Å². The number of carbonyl (C=O) groups is 2. The second-order valence-electron chi connectivity index (χ2n) is 4.70. The minimum absolute atomic E-state index is 0.239. The van der Waals surface area contributed by atoms with Crippen LogP contribution in [0.15, 0.2) is 35.1 Å². The maximum absolute atomic E-state index is 12.0. The molecule has 0 saturated carbocycles. The van der Waals surface area contributed by atoms with Crippen molar-refractivity contribution >= 4 is 11.9 Å². The normalized spacial score (nSPS) is 11.7. The highest BCUT2D eigenvalue weighted by molar-refractivity contribution is 5.93. The lowest BCUT2D eigenvalue weighted by atomic mass is 10.1. The lowest BCUT2D eigenvalue weighted by molar-refractivity contribution is -0.139. The number of aromatic nitrogens is 1. The number of nitrogens with zero attached hydrogens (tertiary/aromatic N) is 1. The Morgan fingerprint density at radius 3 is 2.59 bits per heavy atom. The van der Waals surface area contributed by atoms with Crippen molar-refractivity contribution in [3.8, 4) is 5.75 Å². The Hall–Kier alpha value is -2.83. The number of aliphatic carboxylic acids is 1. The minimum atomic E-state index is -1.03. The average Bonchev–Trinajstić information content (AvgIpc) is 2.91. The van der Waals surface area contributed by atoms with E-state index in [1.54, 1.807) is 31.2 Å². The number of carbonyl (C=O) groups excluding carboxylic acids is 1. The predicted molar refractivity (Wildman–Crippen MR) is 76.7 cm³/mol. The number of aryl methyl sites for hydroxylation is 1. The number of hydrogen-bond donors (Lipinski definition) is 2. The van der Waals surface area contributed by atoms with Gasteiger partial charge in [0.15, 0.2) is 18.7 Å². The number of hydrogen-bond acceptors (Lipinski definition) is 5. The molecule has 1 unspecified atom stereocenters. The molecular weight excluding hydrogens is 288 g/mol. The van der Waals surface area contributed by atoms with Crippen molar-refractivity contribution in [1.29, 1.82) is 0 Å². The zero-order valence-electron chi connectivity index (χ0n) is 12.2. The van der Waals surface area contributed by atoms with E-state index in [4.69, 9.17) is 14.3 Å². The number of rotatable bonds is 6. The Kier molecular flexibility index (Phi) is 4.77. The van der Waals surface area contributed by atoms with E-state index >= 15 is 0 Å². The molecule has 2 N–H and O–H groups in total. The van der Waals surface area contributed by atoms with Gasteiger partial charge in [0.25, 0.3) is 5.91 Å². The summed E-state index contributed by atoms with van der Waals surface area (Å²) in [4.78, 5) is 26.3. The lowest BCUT2D eigenvalue weighted by Gasteiger charge is -2.14. The standard InChI is InChI=1S/C15H16N2O5/c1-9(17-15(20)14-10(2)22-8-16-14)11-3-5-12(6-4-11)21-7-13(18)19/h3-6,8-9H,7H2,1-2H3,(H,17,20)(H,18,19). The van der Waals surface area contributed by atoms with Crippen molar-refractivity contribution in [3.63, 3.8) is 0 Å². The molecule has 1 amide bonds. The molecule has 0 spiro atoms. The summed E-state index contributed by atoms with van der Waals surface area (Å²) in [7, 11) is 0. The Morgan fingerprint density at radius 2 is 2.05 bits per heavy atom. The summed E-state index contributed by atoms with van der Waals surface area (Å²) in [5.41, 5.74) is 1.12. The maximum Gasteiger partial charge on any atom is 0.341 e. The molecular formula is C15H16N2O5. The molecule has 0 radical (unpaired) electrons. The lowest BCUT2D eigenvalue weighted by Crippen LogP contribution is -2.27. The van der Waals surface area contributed by atoms with Crippen molar-refractivity contribution in [3.05, 3.63) is 47.7 Å². The van der Waals surface area contributed by atoms with E-state index in [0.29, 0.717) is 11.5 Å². The van der Waals surface area contributed by atoms with Gasteiger partial charge in [-0.2, -0.15) is 0 Å². The Morgan fingerprint density at radius 1 is 1.36 bits per heavy atom. The zero-order valence-corrected chi connectivity index (χ0v) is 12.2. The maximum atomic E-state index is 12.0. The quantitative estimate of drug-likeness (QED) is 0.845. The molecule has 2 rings (SSSR count). The molecule has 0 saturated heterocycles. The Labute approximate surface area is 126 Å². The number of benzene rings is 1. The van der Waals surface area contributed by atoms with E-state index in [1.165, 1.54) is 6.39 Å². The van der Waals surface area contributed by atoms with Crippen LogP contribution < -0.4 is 10.1 Å². The molecule has 1 aromatic heterocycles. The van der Waals surface area contributed by atoms with Crippen molar-refractivity contribution in [2.24, 2.45) is 0 Å². The third-order valence-corrected chi connectivity index (χ3v) is 3.05. The van der Waals surface area contributed by atoms with Crippen LogP contribution in [0, 0.1) is 6.92 Å². The van der Waals surface area contributed by atoms with E-state index in [1.807, 2.05) is 6.92 Å². The van der Waals surface area contributed by atoms with Crippen LogP contribution in [0.2, 0.25) is 0 Å². The summed E-state index contributed by atoms with van der Waals surface area (Å²) in [6, 6.07) is 6.59. The first-order chi connectivity index (χ1) is 10.5. The van der Waals surface area contributed by atoms with E-state index in [0.717, 1.165) is 5.56 Å². The summed E-state index contributed by atoms with van der Waals surface area (Å²) in [5, 5.41) is 11.4. The molecule has 1 heterocycles.